The van der Waals surface area contributed by atoms with Gasteiger partial charge < -0.3 is 15.5 Å². The van der Waals surface area contributed by atoms with Crippen molar-refractivity contribution in [2.45, 2.75) is 32.2 Å². The molecule has 0 aliphatic carbocycles. The van der Waals surface area contributed by atoms with Crippen LogP contribution in [0.2, 0.25) is 0 Å². The van der Waals surface area contributed by atoms with Crippen molar-refractivity contribution in [3.63, 3.8) is 0 Å². The highest BCUT2D eigenvalue weighted by Gasteiger charge is 2.23. The lowest BCUT2D eigenvalue weighted by molar-refractivity contribution is -0.116. The van der Waals surface area contributed by atoms with Gasteiger partial charge in [-0.2, -0.15) is 0 Å². The zero-order valence-corrected chi connectivity index (χ0v) is 12.3. The van der Waals surface area contributed by atoms with E-state index in [1.807, 2.05) is 18.2 Å². The third kappa shape index (κ3) is 2.93. The van der Waals surface area contributed by atoms with Gasteiger partial charge in [0.2, 0.25) is 5.91 Å². The summed E-state index contributed by atoms with van der Waals surface area (Å²) in [5.41, 5.74) is 2.71. The van der Waals surface area contributed by atoms with E-state index in [9.17, 15) is 9.59 Å². The zero-order valence-electron chi connectivity index (χ0n) is 12.3. The monoisotopic (exact) mass is 287 g/mol. The van der Waals surface area contributed by atoms with E-state index < -0.39 is 0 Å². The van der Waals surface area contributed by atoms with E-state index in [-0.39, 0.29) is 17.9 Å². The Kier molecular flexibility index (Phi) is 3.92. The minimum absolute atomic E-state index is 0.0206. The second kappa shape index (κ2) is 5.85. The number of rotatable bonds is 2. The van der Waals surface area contributed by atoms with E-state index in [4.69, 9.17) is 0 Å². The Balaban J connectivity index is 1.72. The molecule has 0 radical (unpaired) electrons. The highest BCUT2D eigenvalue weighted by molar-refractivity contribution is 5.98. The van der Waals surface area contributed by atoms with Crippen LogP contribution < -0.4 is 15.5 Å². The van der Waals surface area contributed by atoms with Crippen LogP contribution >= 0.6 is 0 Å². The normalized spacial score (nSPS) is 21.0. The molecule has 2 amide bonds. The molecule has 3 rings (SSSR count). The molecule has 1 atom stereocenters. The largest absolute Gasteiger partial charge is 0.348 e. The highest BCUT2D eigenvalue weighted by atomic mass is 16.2. The topological polar surface area (TPSA) is 61.4 Å². The predicted octanol–water partition coefficient (Wildman–Crippen LogP) is 1.08. The first kappa shape index (κ1) is 14.1. The standard InChI is InChI=1S/C16H21N3O2/c1-11(20)19-8-6-12-9-13(4-5-15(12)19)16(21)18-14-3-2-7-17-10-14/h4-5,9,14,17H,2-3,6-8,10H2,1H3,(H,18,21). The number of amides is 2. The number of carbonyl (C=O) groups is 2. The molecule has 5 heteroatoms. The van der Waals surface area contributed by atoms with E-state index in [1.54, 1.807) is 11.8 Å². The van der Waals surface area contributed by atoms with Crippen LogP contribution in [0.1, 0.15) is 35.7 Å². The Morgan fingerprint density at radius 3 is 2.95 bits per heavy atom. The van der Waals surface area contributed by atoms with Crippen molar-refractivity contribution in [3.05, 3.63) is 29.3 Å². The zero-order chi connectivity index (χ0) is 14.8. The Bertz CT molecular complexity index is 565. The van der Waals surface area contributed by atoms with Crippen molar-refractivity contribution in [1.29, 1.82) is 0 Å². The second-order valence-corrected chi connectivity index (χ2v) is 5.78. The minimum atomic E-state index is -0.0206. The first-order valence-corrected chi connectivity index (χ1v) is 7.58. The van der Waals surface area contributed by atoms with Gasteiger partial charge in [-0.25, -0.2) is 0 Å². The van der Waals surface area contributed by atoms with Crippen LogP contribution in [0.5, 0.6) is 0 Å². The van der Waals surface area contributed by atoms with Gasteiger partial charge in [0.15, 0.2) is 0 Å². The van der Waals surface area contributed by atoms with Crippen molar-refractivity contribution in [1.82, 2.24) is 10.6 Å². The van der Waals surface area contributed by atoms with Crippen molar-refractivity contribution in [3.8, 4) is 0 Å². The van der Waals surface area contributed by atoms with Crippen molar-refractivity contribution in [2.75, 3.05) is 24.5 Å². The fourth-order valence-corrected chi connectivity index (χ4v) is 3.11. The number of hydrogen-bond donors (Lipinski definition) is 2. The summed E-state index contributed by atoms with van der Waals surface area (Å²) < 4.78 is 0. The molecule has 0 aromatic heterocycles. The molecule has 0 spiro atoms. The summed E-state index contributed by atoms with van der Waals surface area (Å²) in [6, 6.07) is 5.83. The summed E-state index contributed by atoms with van der Waals surface area (Å²) in [6.07, 6.45) is 2.95. The molecular formula is C16H21N3O2. The molecule has 112 valence electrons. The predicted molar refractivity (Wildman–Crippen MR) is 81.5 cm³/mol. The SMILES string of the molecule is CC(=O)N1CCc2cc(C(=O)NC3CCCNC3)ccc21. The summed E-state index contributed by atoms with van der Waals surface area (Å²) in [5.74, 6) is 0.0343. The maximum Gasteiger partial charge on any atom is 0.251 e. The molecule has 1 aromatic rings. The van der Waals surface area contributed by atoms with Crippen LogP contribution in [0.4, 0.5) is 5.69 Å². The Labute approximate surface area is 124 Å². The molecule has 1 unspecified atom stereocenters. The van der Waals surface area contributed by atoms with E-state index in [1.165, 1.54) is 0 Å². The van der Waals surface area contributed by atoms with Gasteiger partial charge in [0, 0.05) is 37.3 Å². The van der Waals surface area contributed by atoms with E-state index in [0.717, 1.165) is 43.6 Å². The fourth-order valence-electron chi connectivity index (χ4n) is 3.11. The molecule has 2 N–H and O–H groups in total. The first-order chi connectivity index (χ1) is 10.1. The summed E-state index contributed by atoms with van der Waals surface area (Å²) in [7, 11) is 0. The van der Waals surface area contributed by atoms with Gasteiger partial charge in [0.05, 0.1) is 0 Å². The number of piperidine rings is 1. The maximum atomic E-state index is 12.3. The summed E-state index contributed by atoms with van der Waals surface area (Å²) in [5, 5.41) is 6.37. The van der Waals surface area contributed by atoms with Crippen LogP contribution in [0, 0.1) is 0 Å². The number of anilines is 1. The molecular weight excluding hydrogens is 266 g/mol. The molecule has 2 aliphatic heterocycles. The number of nitrogens with zero attached hydrogens (tertiary/aromatic N) is 1. The number of hydrogen-bond acceptors (Lipinski definition) is 3. The van der Waals surface area contributed by atoms with Gasteiger partial charge in [-0.1, -0.05) is 0 Å². The molecule has 1 fully saturated rings. The Morgan fingerprint density at radius 1 is 1.38 bits per heavy atom. The maximum absolute atomic E-state index is 12.3. The fraction of sp³-hybridized carbons (Fsp3) is 0.500. The van der Waals surface area contributed by atoms with Gasteiger partial charge in [0.25, 0.3) is 5.91 Å². The lowest BCUT2D eigenvalue weighted by atomic mass is 10.1. The number of benzene rings is 1. The van der Waals surface area contributed by atoms with Gasteiger partial charge in [-0.3, -0.25) is 9.59 Å². The van der Waals surface area contributed by atoms with Gasteiger partial charge in [-0.15, -0.1) is 0 Å². The van der Waals surface area contributed by atoms with Gasteiger partial charge in [0.1, 0.15) is 0 Å². The van der Waals surface area contributed by atoms with E-state index >= 15 is 0 Å². The van der Waals surface area contributed by atoms with Gasteiger partial charge in [-0.05, 0) is 49.6 Å². The van der Waals surface area contributed by atoms with E-state index in [0.29, 0.717) is 12.1 Å². The van der Waals surface area contributed by atoms with Crippen LogP contribution in [0.25, 0.3) is 0 Å². The summed E-state index contributed by atoms with van der Waals surface area (Å²) >= 11 is 0. The molecule has 1 saturated heterocycles. The molecule has 2 aliphatic rings. The van der Waals surface area contributed by atoms with Crippen LogP contribution in [0.3, 0.4) is 0 Å². The third-order valence-corrected chi connectivity index (χ3v) is 4.25. The molecule has 1 aromatic carbocycles. The second-order valence-electron chi connectivity index (χ2n) is 5.78. The summed E-state index contributed by atoms with van der Waals surface area (Å²) in [6.45, 7) is 4.16. The quantitative estimate of drug-likeness (QED) is 0.855. The molecule has 5 nitrogen and oxygen atoms in total. The van der Waals surface area contributed by atoms with Crippen LogP contribution in [-0.2, 0) is 11.2 Å². The van der Waals surface area contributed by atoms with Gasteiger partial charge >= 0.3 is 0 Å². The molecule has 0 saturated carbocycles. The highest BCUT2D eigenvalue weighted by Crippen LogP contribution is 2.28. The Morgan fingerprint density at radius 2 is 2.24 bits per heavy atom. The molecule has 21 heavy (non-hydrogen) atoms. The average molecular weight is 287 g/mol. The van der Waals surface area contributed by atoms with Crippen LogP contribution in [0.15, 0.2) is 18.2 Å². The van der Waals surface area contributed by atoms with Crippen molar-refractivity contribution >= 4 is 17.5 Å². The van der Waals surface area contributed by atoms with E-state index in [2.05, 4.69) is 10.6 Å². The number of fused-ring (bicyclic) bond motifs is 1. The smallest absolute Gasteiger partial charge is 0.251 e. The van der Waals surface area contributed by atoms with Crippen molar-refractivity contribution in [2.24, 2.45) is 0 Å². The molecule has 2 heterocycles. The first-order valence-electron chi connectivity index (χ1n) is 7.58. The lowest BCUT2D eigenvalue weighted by Gasteiger charge is -2.24. The molecule has 0 bridgehead atoms. The van der Waals surface area contributed by atoms with Crippen molar-refractivity contribution < 1.29 is 9.59 Å². The Hall–Kier alpha value is -1.88. The number of carbonyl (C=O) groups excluding carboxylic acids is 2. The van der Waals surface area contributed by atoms with Crippen LogP contribution in [-0.4, -0.2) is 37.5 Å². The number of nitrogens with one attached hydrogen (secondary N) is 2. The summed E-state index contributed by atoms with van der Waals surface area (Å²) in [4.78, 5) is 25.6. The third-order valence-electron chi connectivity index (χ3n) is 4.25. The minimum Gasteiger partial charge on any atom is -0.348 e. The lowest BCUT2D eigenvalue weighted by Crippen LogP contribution is -2.45. The average Bonchev–Trinajstić information content (AvgIpc) is 2.91.